The summed E-state index contributed by atoms with van der Waals surface area (Å²) in [7, 11) is 0. The molecule has 0 saturated carbocycles. The summed E-state index contributed by atoms with van der Waals surface area (Å²) in [6.07, 6.45) is 2.74. The summed E-state index contributed by atoms with van der Waals surface area (Å²) in [6.45, 7) is 6.97. The van der Waals surface area contributed by atoms with E-state index in [-0.39, 0.29) is 5.41 Å². The van der Waals surface area contributed by atoms with Gasteiger partial charge in [0.2, 0.25) is 0 Å². The minimum atomic E-state index is 0.0226. The number of rotatable bonds is 2. The number of H-pyrrole nitrogens is 1. The van der Waals surface area contributed by atoms with Crippen LogP contribution < -0.4 is 5.73 Å². The van der Waals surface area contributed by atoms with Gasteiger partial charge in [0.15, 0.2) is 0 Å². The third kappa shape index (κ3) is 1.87. The number of nitrogens with zero attached hydrogens (tertiary/aromatic N) is 3. The molecule has 5 heteroatoms. The maximum atomic E-state index is 5.47. The molecule has 0 amide bonds. The Bertz CT molecular complexity index is 428. The molecule has 0 radical (unpaired) electrons. The molecular weight excluding hydrogens is 190 g/mol. The number of aromatic nitrogens is 4. The Hall–Kier alpha value is -1.36. The van der Waals surface area contributed by atoms with Crippen molar-refractivity contribution < 1.29 is 0 Å². The maximum absolute atomic E-state index is 5.47. The number of nitrogens with one attached hydrogen (secondary N) is 1. The summed E-state index contributed by atoms with van der Waals surface area (Å²) < 4.78 is 1.85. The second-order valence-electron chi connectivity index (χ2n) is 4.76. The first-order valence-electron chi connectivity index (χ1n) is 5.15. The van der Waals surface area contributed by atoms with Crippen molar-refractivity contribution in [2.45, 2.75) is 32.6 Å². The predicted octanol–water partition coefficient (Wildman–Crippen LogP) is 0.856. The van der Waals surface area contributed by atoms with Crippen molar-refractivity contribution in [2.24, 2.45) is 5.73 Å². The third-order valence-corrected chi connectivity index (χ3v) is 2.29. The van der Waals surface area contributed by atoms with Gasteiger partial charge in [0.25, 0.3) is 5.78 Å². The fourth-order valence-corrected chi connectivity index (χ4v) is 1.42. The zero-order valence-corrected chi connectivity index (χ0v) is 9.41. The average Bonchev–Trinajstić information content (AvgIpc) is 2.59. The molecule has 0 unspecified atom stereocenters. The Morgan fingerprint density at radius 3 is 2.67 bits per heavy atom. The lowest BCUT2D eigenvalue weighted by atomic mass is 9.96. The molecule has 2 rings (SSSR count). The molecule has 0 aromatic carbocycles. The van der Waals surface area contributed by atoms with E-state index < -0.39 is 0 Å². The molecule has 0 spiro atoms. The molecule has 0 aliphatic heterocycles. The van der Waals surface area contributed by atoms with Crippen LogP contribution in [0.25, 0.3) is 5.78 Å². The normalized spacial score (nSPS) is 12.5. The van der Waals surface area contributed by atoms with Gasteiger partial charge in [-0.25, -0.2) is 9.50 Å². The first-order chi connectivity index (χ1) is 7.00. The average molecular weight is 207 g/mol. The van der Waals surface area contributed by atoms with Crippen LogP contribution in [0, 0.1) is 0 Å². The van der Waals surface area contributed by atoms with E-state index in [2.05, 4.69) is 35.8 Å². The van der Waals surface area contributed by atoms with Crippen LogP contribution in [0.5, 0.6) is 0 Å². The van der Waals surface area contributed by atoms with Crippen molar-refractivity contribution >= 4 is 5.78 Å². The zero-order valence-electron chi connectivity index (χ0n) is 9.41. The maximum Gasteiger partial charge on any atom is 0.250 e. The molecule has 0 aliphatic carbocycles. The number of nitrogens with two attached hydrogens (primary N) is 1. The highest BCUT2D eigenvalue weighted by atomic mass is 15.3. The monoisotopic (exact) mass is 207 g/mol. The fourth-order valence-electron chi connectivity index (χ4n) is 1.42. The Balaban J connectivity index is 2.38. The van der Waals surface area contributed by atoms with Crippen molar-refractivity contribution in [2.75, 3.05) is 6.54 Å². The molecule has 5 nitrogen and oxygen atoms in total. The van der Waals surface area contributed by atoms with E-state index in [0.717, 1.165) is 23.7 Å². The summed E-state index contributed by atoms with van der Waals surface area (Å²) in [5.41, 5.74) is 6.48. The van der Waals surface area contributed by atoms with Gasteiger partial charge in [-0.05, 0) is 6.54 Å². The molecular formula is C10H17N5. The lowest BCUT2D eigenvalue weighted by Gasteiger charge is -2.13. The van der Waals surface area contributed by atoms with Gasteiger partial charge in [-0.15, -0.1) is 0 Å². The molecule has 3 N–H and O–H groups in total. The van der Waals surface area contributed by atoms with Gasteiger partial charge in [0, 0.05) is 11.8 Å². The summed E-state index contributed by atoms with van der Waals surface area (Å²) in [6, 6.07) is 0. The quantitative estimate of drug-likeness (QED) is 0.767. The van der Waals surface area contributed by atoms with E-state index in [0.29, 0.717) is 6.54 Å². The molecule has 0 fully saturated rings. The minimum Gasteiger partial charge on any atom is -0.330 e. The highest BCUT2D eigenvalue weighted by Crippen LogP contribution is 2.18. The van der Waals surface area contributed by atoms with Gasteiger partial charge >= 0.3 is 0 Å². The lowest BCUT2D eigenvalue weighted by Crippen LogP contribution is -2.13. The van der Waals surface area contributed by atoms with Crippen LogP contribution in [-0.2, 0) is 11.8 Å². The summed E-state index contributed by atoms with van der Waals surface area (Å²) in [5.74, 6) is 1.67. The Morgan fingerprint density at radius 2 is 2.13 bits per heavy atom. The van der Waals surface area contributed by atoms with E-state index in [4.69, 9.17) is 5.73 Å². The van der Waals surface area contributed by atoms with E-state index in [1.54, 1.807) is 0 Å². The molecule has 2 aromatic rings. The second kappa shape index (κ2) is 3.34. The summed E-state index contributed by atoms with van der Waals surface area (Å²) >= 11 is 0. The van der Waals surface area contributed by atoms with Crippen molar-refractivity contribution in [3.63, 3.8) is 0 Å². The van der Waals surface area contributed by atoms with Gasteiger partial charge < -0.3 is 5.73 Å². The van der Waals surface area contributed by atoms with Gasteiger partial charge in [0.1, 0.15) is 5.82 Å². The number of hydrogen-bond acceptors (Lipinski definition) is 3. The Labute approximate surface area is 88.7 Å². The van der Waals surface area contributed by atoms with Gasteiger partial charge in [-0.3, -0.25) is 5.10 Å². The minimum absolute atomic E-state index is 0.0226. The molecule has 82 valence electrons. The Kier molecular flexibility index (Phi) is 2.26. The Morgan fingerprint density at radius 1 is 1.40 bits per heavy atom. The van der Waals surface area contributed by atoms with Crippen molar-refractivity contribution in [3.8, 4) is 0 Å². The van der Waals surface area contributed by atoms with Gasteiger partial charge in [0.05, 0.1) is 11.9 Å². The topological polar surface area (TPSA) is 72.0 Å². The molecule has 0 atom stereocenters. The highest BCUT2D eigenvalue weighted by molar-refractivity contribution is 5.30. The van der Waals surface area contributed by atoms with Crippen LogP contribution in [0.4, 0.5) is 0 Å². The number of fused-ring (bicyclic) bond motifs is 1. The molecule has 15 heavy (non-hydrogen) atoms. The van der Waals surface area contributed by atoms with Crippen molar-refractivity contribution in [1.29, 1.82) is 0 Å². The first-order valence-corrected chi connectivity index (χ1v) is 5.15. The standard InChI is InChI=1S/C10H17N5/c1-10(2,3)8-13-9-12-7(4-5-11)6-15(9)14-8/h6H,4-5,11H2,1-3H3,(H,12,13,14). The highest BCUT2D eigenvalue weighted by Gasteiger charge is 2.19. The number of aromatic amines is 1. The van der Waals surface area contributed by atoms with Crippen LogP contribution in [0.3, 0.4) is 0 Å². The van der Waals surface area contributed by atoms with Gasteiger partial charge in [-0.2, -0.15) is 4.98 Å². The third-order valence-electron chi connectivity index (χ3n) is 2.29. The molecule has 2 heterocycles. The second-order valence-corrected chi connectivity index (χ2v) is 4.76. The van der Waals surface area contributed by atoms with Crippen LogP contribution >= 0.6 is 0 Å². The van der Waals surface area contributed by atoms with Crippen LogP contribution in [-0.4, -0.2) is 26.1 Å². The van der Waals surface area contributed by atoms with E-state index >= 15 is 0 Å². The molecule has 0 aliphatic rings. The zero-order chi connectivity index (χ0) is 11.1. The van der Waals surface area contributed by atoms with Crippen molar-refractivity contribution in [3.05, 3.63) is 17.7 Å². The smallest absolute Gasteiger partial charge is 0.250 e. The van der Waals surface area contributed by atoms with E-state index in [1.165, 1.54) is 0 Å². The van der Waals surface area contributed by atoms with Crippen LogP contribution in [0.1, 0.15) is 32.3 Å². The predicted molar refractivity (Wildman–Crippen MR) is 58.8 cm³/mol. The van der Waals surface area contributed by atoms with Crippen LogP contribution in [0.2, 0.25) is 0 Å². The largest absolute Gasteiger partial charge is 0.330 e. The van der Waals surface area contributed by atoms with E-state index in [9.17, 15) is 0 Å². The lowest BCUT2D eigenvalue weighted by molar-refractivity contribution is 0.545. The summed E-state index contributed by atoms with van der Waals surface area (Å²) in [5, 5.41) is 3.22. The molecule has 0 bridgehead atoms. The fraction of sp³-hybridized carbons (Fsp3) is 0.600. The van der Waals surface area contributed by atoms with Gasteiger partial charge in [-0.1, -0.05) is 20.8 Å². The number of hydrogen-bond donors (Lipinski definition) is 2. The number of imidazole rings is 1. The molecule has 0 saturated heterocycles. The summed E-state index contributed by atoms with van der Waals surface area (Å²) in [4.78, 5) is 8.82. The SMILES string of the molecule is CC(C)(C)c1nc2nc(CCN)cn2[nH]1. The molecule has 2 aromatic heterocycles. The van der Waals surface area contributed by atoms with E-state index in [1.807, 2.05) is 10.7 Å². The first kappa shape index (κ1) is 10.2. The van der Waals surface area contributed by atoms with Crippen LogP contribution in [0.15, 0.2) is 6.20 Å². The van der Waals surface area contributed by atoms with Crippen molar-refractivity contribution in [1.82, 2.24) is 19.6 Å².